The number of hydrogen-bond donors (Lipinski definition) is 4. The molecule has 1 aromatic carbocycles. The van der Waals surface area contributed by atoms with Gasteiger partial charge in [0.15, 0.2) is 11.5 Å². The highest BCUT2D eigenvalue weighted by Gasteiger charge is 2.36. The molecule has 4 rings (SSSR count). The Morgan fingerprint density at radius 2 is 1.72 bits per heavy atom. The lowest BCUT2D eigenvalue weighted by Gasteiger charge is -2.32. The number of carbonyl (C=O) groups excluding carboxylic acids is 3. The van der Waals surface area contributed by atoms with Crippen LogP contribution < -0.4 is 41.0 Å². The number of rotatable bonds is 7. The predicted octanol–water partition coefficient (Wildman–Crippen LogP) is 0.562. The van der Waals surface area contributed by atoms with Crippen LogP contribution in [0.25, 0.3) is 0 Å². The van der Waals surface area contributed by atoms with Crippen molar-refractivity contribution < 1.29 is 28.6 Å². The first-order valence-corrected chi connectivity index (χ1v) is 11.3. The van der Waals surface area contributed by atoms with Crippen LogP contribution >= 0.6 is 0 Å². The van der Waals surface area contributed by atoms with Crippen LogP contribution in [0.1, 0.15) is 30.7 Å². The second kappa shape index (κ2) is 10.1. The van der Waals surface area contributed by atoms with E-state index in [0.717, 1.165) is 0 Å². The number of fused-ring (bicyclic) bond motifs is 1. The van der Waals surface area contributed by atoms with Gasteiger partial charge in [-0.05, 0) is 12.8 Å². The smallest absolute Gasteiger partial charge is 0.258 e. The molecule has 192 valence electrons. The van der Waals surface area contributed by atoms with Crippen molar-refractivity contribution >= 4 is 35.2 Å². The van der Waals surface area contributed by atoms with Crippen molar-refractivity contribution in [2.24, 2.45) is 11.7 Å². The van der Waals surface area contributed by atoms with Gasteiger partial charge in [-0.2, -0.15) is 4.98 Å². The number of ether oxygens (including phenoxy) is 3. The fourth-order valence-electron chi connectivity index (χ4n) is 4.49. The van der Waals surface area contributed by atoms with Gasteiger partial charge in [-0.25, -0.2) is 0 Å². The number of primary amides is 1. The van der Waals surface area contributed by atoms with E-state index in [-0.39, 0.29) is 35.6 Å². The van der Waals surface area contributed by atoms with Crippen molar-refractivity contribution in [2.45, 2.75) is 25.2 Å². The number of nitrogens with two attached hydrogens (primary N) is 1. The summed E-state index contributed by atoms with van der Waals surface area (Å²) in [5.41, 5.74) is 5.26. The zero-order chi connectivity index (χ0) is 26.0. The molecule has 2 aromatic rings. The van der Waals surface area contributed by atoms with E-state index in [9.17, 15) is 19.2 Å². The number of aromatic nitrogens is 2. The Hall–Kier alpha value is -4.29. The van der Waals surface area contributed by atoms with Crippen molar-refractivity contribution in [1.29, 1.82) is 0 Å². The third kappa shape index (κ3) is 4.76. The first-order chi connectivity index (χ1) is 17.2. The molecule has 1 atom stereocenters. The predicted molar refractivity (Wildman–Crippen MR) is 130 cm³/mol. The lowest BCUT2D eigenvalue weighted by molar-refractivity contribution is -0.123. The summed E-state index contributed by atoms with van der Waals surface area (Å²) in [4.78, 5) is 59.1. The van der Waals surface area contributed by atoms with Crippen molar-refractivity contribution in [3.05, 3.63) is 28.0 Å². The Morgan fingerprint density at radius 3 is 2.28 bits per heavy atom. The van der Waals surface area contributed by atoms with Crippen molar-refractivity contribution in [1.82, 2.24) is 9.97 Å². The van der Waals surface area contributed by atoms with E-state index in [2.05, 4.69) is 20.6 Å². The largest absolute Gasteiger partial charge is 0.493 e. The fourth-order valence-corrected chi connectivity index (χ4v) is 4.49. The minimum atomic E-state index is -1.07. The van der Waals surface area contributed by atoms with Gasteiger partial charge in [-0.1, -0.05) is 0 Å². The van der Waals surface area contributed by atoms with Crippen LogP contribution in [-0.4, -0.2) is 62.1 Å². The number of benzene rings is 1. The molecule has 0 bridgehead atoms. The van der Waals surface area contributed by atoms with Crippen LogP contribution in [0.2, 0.25) is 0 Å². The molecule has 0 spiro atoms. The number of aromatic amines is 1. The van der Waals surface area contributed by atoms with Gasteiger partial charge < -0.3 is 35.5 Å². The summed E-state index contributed by atoms with van der Waals surface area (Å²) in [6, 6.07) is 3.09. The minimum absolute atomic E-state index is 0.0343. The molecule has 3 heterocycles. The van der Waals surface area contributed by atoms with Crippen molar-refractivity contribution in [2.75, 3.05) is 50.0 Å². The molecule has 0 aliphatic carbocycles. The topological polar surface area (TPSA) is 178 Å². The summed E-state index contributed by atoms with van der Waals surface area (Å²) in [6.45, 7) is 0.933. The van der Waals surface area contributed by atoms with Crippen molar-refractivity contribution in [3.8, 4) is 17.2 Å². The monoisotopic (exact) mass is 500 g/mol. The van der Waals surface area contributed by atoms with E-state index in [4.69, 9.17) is 19.9 Å². The molecule has 13 nitrogen and oxygen atoms in total. The van der Waals surface area contributed by atoms with E-state index in [1.165, 1.54) is 21.3 Å². The molecular weight excluding hydrogens is 472 g/mol. The average molecular weight is 501 g/mol. The SMILES string of the molecule is COc1cc(NC(=O)[C@H]2CC(=O)Nc3nc(N4CCC(C(N)=O)CC4)[nH]c(=O)c32)cc(OC)c1OC. The normalized spacial score (nSPS) is 17.6. The number of piperidine rings is 1. The molecule has 1 aromatic heterocycles. The molecule has 1 saturated heterocycles. The highest BCUT2D eigenvalue weighted by atomic mass is 16.5. The standard InChI is InChI=1S/C23H28N6O7/c1-34-14-8-12(9-15(35-2)18(14)36-3)25-21(32)13-10-16(30)26-20-17(13)22(33)28-23(27-20)29-6-4-11(5-7-29)19(24)31/h8-9,11,13H,4-7,10H2,1-3H3,(H2,24,31)(H,25,32)(H2,26,27,28,30,33)/t13-/m0/s1. The van der Waals surface area contributed by atoms with Crippen molar-refractivity contribution in [3.63, 3.8) is 0 Å². The molecule has 2 aliphatic rings. The number of amides is 3. The molecule has 2 aliphatic heterocycles. The van der Waals surface area contributed by atoms with Gasteiger partial charge in [-0.3, -0.25) is 24.2 Å². The summed E-state index contributed by atoms with van der Waals surface area (Å²) < 4.78 is 15.9. The number of methoxy groups -OCH3 is 3. The number of nitrogens with one attached hydrogen (secondary N) is 3. The molecular formula is C23H28N6O7. The lowest BCUT2D eigenvalue weighted by Crippen LogP contribution is -2.41. The van der Waals surface area contributed by atoms with Gasteiger partial charge in [0.25, 0.3) is 5.56 Å². The van der Waals surface area contributed by atoms with Crippen LogP contribution in [-0.2, 0) is 14.4 Å². The summed E-state index contributed by atoms with van der Waals surface area (Å²) in [5.74, 6) is -1.35. The minimum Gasteiger partial charge on any atom is -0.493 e. The number of hydrogen-bond acceptors (Lipinski definition) is 9. The average Bonchev–Trinajstić information content (AvgIpc) is 2.87. The Labute approximate surface area is 206 Å². The zero-order valence-electron chi connectivity index (χ0n) is 20.2. The van der Waals surface area contributed by atoms with Crippen LogP contribution in [0.4, 0.5) is 17.5 Å². The van der Waals surface area contributed by atoms with Gasteiger partial charge in [0, 0.05) is 43.2 Å². The first kappa shape index (κ1) is 24.8. The molecule has 3 amide bonds. The number of H-pyrrole nitrogens is 1. The summed E-state index contributed by atoms with van der Waals surface area (Å²) in [6.07, 6.45) is 0.835. The van der Waals surface area contributed by atoms with Gasteiger partial charge in [0.2, 0.25) is 29.4 Å². The maximum absolute atomic E-state index is 13.2. The number of anilines is 3. The maximum Gasteiger partial charge on any atom is 0.258 e. The fraction of sp³-hybridized carbons (Fsp3) is 0.435. The van der Waals surface area contributed by atoms with Crippen LogP contribution in [0, 0.1) is 5.92 Å². The van der Waals surface area contributed by atoms with E-state index < -0.39 is 23.3 Å². The van der Waals surface area contributed by atoms with E-state index in [0.29, 0.717) is 48.9 Å². The van der Waals surface area contributed by atoms with Gasteiger partial charge in [0.1, 0.15) is 5.82 Å². The third-order valence-electron chi connectivity index (χ3n) is 6.38. The highest BCUT2D eigenvalue weighted by Crippen LogP contribution is 2.40. The summed E-state index contributed by atoms with van der Waals surface area (Å²) >= 11 is 0. The van der Waals surface area contributed by atoms with E-state index >= 15 is 0 Å². The van der Waals surface area contributed by atoms with E-state index in [1.54, 1.807) is 12.1 Å². The Balaban J connectivity index is 1.60. The second-order valence-electron chi connectivity index (χ2n) is 8.52. The number of nitrogens with zero attached hydrogens (tertiary/aromatic N) is 2. The molecule has 36 heavy (non-hydrogen) atoms. The Morgan fingerprint density at radius 1 is 1.08 bits per heavy atom. The van der Waals surface area contributed by atoms with Crippen LogP contribution in [0.15, 0.2) is 16.9 Å². The van der Waals surface area contributed by atoms with E-state index in [1.807, 2.05) is 4.90 Å². The zero-order valence-corrected chi connectivity index (χ0v) is 20.2. The second-order valence-corrected chi connectivity index (χ2v) is 8.52. The highest BCUT2D eigenvalue weighted by molar-refractivity contribution is 6.04. The molecule has 5 N–H and O–H groups in total. The third-order valence-corrected chi connectivity index (χ3v) is 6.38. The summed E-state index contributed by atoms with van der Waals surface area (Å²) in [5, 5.41) is 5.33. The molecule has 0 saturated carbocycles. The quantitative estimate of drug-likeness (QED) is 0.423. The molecule has 0 unspecified atom stereocenters. The molecule has 0 radical (unpaired) electrons. The maximum atomic E-state index is 13.2. The van der Waals surface area contributed by atoms with Gasteiger partial charge in [0.05, 0.1) is 32.8 Å². The van der Waals surface area contributed by atoms with Crippen LogP contribution in [0.3, 0.4) is 0 Å². The van der Waals surface area contributed by atoms with Gasteiger partial charge >= 0.3 is 0 Å². The summed E-state index contributed by atoms with van der Waals surface area (Å²) in [7, 11) is 4.36. The lowest BCUT2D eigenvalue weighted by atomic mass is 9.92. The number of carbonyl (C=O) groups is 3. The first-order valence-electron chi connectivity index (χ1n) is 11.3. The Kier molecular flexibility index (Phi) is 6.99. The van der Waals surface area contributed by atoms with Gasteiger partial charge in [-0.15, -0.1) is 0 Å². The molecule has 1 fully saturated rings. The van der Waals surface area contributed by atoms with Crippen LogP contribution in [0.5, 0.6) is 17.2 Å². The Bertz CT molecular complexity index is 1230. The molecule has 13 heteroatoms.